The molecule has 1 rings (SSSR count). The van der Waals surface area contributed by atoms with E-state index in [2.05, 4.69) is 10.3 Å². The summed E-state index contributed by atoms with van der Waals surface area (Å²) in [7, 11) is 0. The number of pyridine rings is 1. The van der Waals surface area contributed by atoms with Crippen molar-refractivity contribution in [1.29, 1.82) is 0 Å². The van der Waals surface area contributed by atoms with Crippen LogP contribution in [0.3, 0.4) is 0 Å². The Hall–Kier alpha value is -1.62. The molecule has 0 spiro atoms. The van der Waals surface area contributed by atoms with Gasteiger partial charge in [-0.2, -0.15) is 0 Å². The van der Waals surface area contributed by atoms with Gasteiger partial charge in [-0.25, -0.2) is 4.98 Å². The fraction of sp³-hybridized carbons (Fsp3) is 0.500. The van der Waals surface area contributed by atoms with Gasteiger partial charge in [0.05, 0.1) is 6.42 Å². The minimum Gasteiger partial charge on any atom is -0.461 e. The lowest BCUT2D eigenvalue weighted by Gasteiger charge is -2.17. The Morgan fingerprint density at radius 1 is 1.35 bits per heavy atom. The van der Waals surface area contributed by atoms with E-state index < -0.39 is 5.41 Å². The van der Waals surface area contributed by atoms with Gasteiger partial charge in [-0.1, -0.05) is 38.4 Å². The lowest BCUT2D eigenvalue weighted by atomic mass is 9.96. The van der Waals surface area contributed by atoms with Gasteiger partial charge in [0, 0.05) is 23.7 Å². The number of halogens is 1. The Kier molecular flexibility index (Phi) is 5.95. The van der Waals surface area contributed by atoms with Gasteiger partial charge in [0.1, 0.15) is 11.8 Å². The SMILES string of the molecule is CC(C)(C)C(=O)NCCC(=O)OCc1ccc(Cl)nc1. The van der Waals surface area contributed by atoms with Crippen LogP contribution in [0.4, 0.5) is 0 Å². The summed E-state index contributed by atoms with van der Waals surface area (Å²) in [6.45, 7) is 5.86. The van der Waals surface area contributed by atoms with Gasteiger partial charge < -0.3 is 10.1 Å². The first-order chi connectivity index (χ1) is 9.29. The summed E-state index contributed by atoms with van der Waals surface area (Å²) >= 11 is 5.65. The van der Waals surface area contributed by atoms with Crippen molar-refractivity contribution in [3.05, 3.63) is 29.0 Å². The van der Waals surface area contributed by atoms with Crippen molar-refractivity contribution in [3.8, 4) is 0 Å². The third kappa shape index (κ3) is 6.02. The molecule has 110 valence electrons. The Morgan fingerprint density at radius 3 is 2.60 bits per heavy atom. The molecule has 1 heterocycles. The third-order valence-corrected chi connectivity index (χ3v) is 2.71. The number of nitrogens with zero attached hydrogens (tertiary/aromatic N) is 1. The lowest BCUT2D eigenvalue weighted by Crippen LogP contribution is -2.36. The van der Waals surface area contributed by atoms with Crippen molar-refractivity contribution in [2.75, 3.05) is 6.54 Å². The molecule has 0 aromatic carbocycles. The fourth-order valence-electron chi connectivity index (χ4n) is 1.27. The monoisotopic (exact) mass is 298 g/mol. The molecule has 1 N–H and O–H groups in total. The molecule has 1 amide bonds. The van der Waals surface area contributed by atoms with E-state index in [1.165, 1.54) is 0 Å². The van der Waals surface area contributed by atoms with Crippen molar-refractivity contribution in [3.63, 3.8) is 0 Å². The molecular formula is C14H19ClN2O3. The van der Waals surface area contributed by atoms with E-state index in [4.69, 9.17) is 16.3 Å². The first-order valence-electron chi connectivity index (χ1n) is 6.33. The van der Waals surface area contributed by atoms with E-state index in [0.29, 0.717) is 5.15 Å². The predicted molar refractivity (Wildman–Crippen MR) is 76.1 cm³/mol. The third-order valence-electron chi connectivity index (χ3n) is 2.48. The Bertz CT molecular complexity index is 466. The largest absolute Gasteiger partial charge is 0.461 e. The van der Waals surface area contributed by atoms with Crippen LogP contribution in [0.25, 0.3) is 0 Å². The van der Waals surface area contributed by atoms with Crippen molar-refractivity contribution in [2.24, 2.45) is 5.41 Å². The molecule has 0 aliphatic heterocycles. The summed E-state index contributed by atoms with van der Waals surface area (Å²) < 4.78 is 5.06. The maximum absolute atomic E-state index is 11.6. The van der Waals surface area contributed by atoms with Crippen molar-refractivity contribution >= 4 is 23.5 Å². The maximum Gasteiger partial charge on any atom is 0.307 e. The van der Waals surface area contributed by atoms with Crippen LogP contribution in [0, 0.1) is 5.41 Å². The number of carbonyl (C=O) groups is 2. The molecule has 1 aromatic rings. The number of hydrogen-bond donors (Lipinski definition) is 1. The zero-order chi connectivity index (χ0) is 15.2. The van der Waals surface area contributed by atoms with Gasteiger partial charge in [0.2, 0.25) is 5.91 Å². The molecule has 0 saturated heterocycles. The number of rotatable bonds is 5. The van der Waals surface area contributed by atoms with Gasteiger partial charge >= 0.3 is 5.97 Å². The molecule has 0 atom stereocenters. The van der Waals surface area contributed by atoms with Crippen molar-refractivity contribution in [1.82, 2.24) is 10.3 Å². The number of nitrogens with one attached hydrogen (secondary N) is 1. The lowest BCUT2D eigenvalue weighted by molar-refractivity contribution is -0.144. The Balaban J connectivity index is 2.24. The van der Waals surface area contributed by atoms with Gasteiger partial charge in [0.15, 0.2) is 0 Å². The topological polar surface area (TPSA) is 68.3 Å². The highest BCUT2D eigenvalue weighted by atomic mass is 35.5. The second-order valence-corrected chi connectivity index (χ2v) is 5.79. The molecular weight excluding hydrogens is 280 g/mol. The van der Waals surface area contributed by atoms with E-state index >= 15 is 0 Å². The highest BCUT2D eigenvalue weighted by Gasteiger charge is 2.20. The number of ether oxygens (including phenoxy) is 1. The summed E-state index contributed by atoms with van der Waals surface area (Å²) in [6, 6.07) is 3.37. The average molecular weight is 299 g/mol. The van der Waals surface area contributed by atoms with Gasteiger partial charge in [-0.3, -0.25) is 9.59 Å². The van der Waals surface area contributed by atoms with E-state index in [1.54, 1.807) is 18.3 Å². The highest BCUT2D eigenvalue weighted by molar-refractivity contribution is 6.29. The van der Waals surface area contributed by atoms with E-state index in [0.717, 1.165) is 5.56 Å². The summed E-state index contributed by atoms with van der Waals surface area (Å²) in [5.41, 5.74) is 0.306. The molecule has 0 radical (unpaired) electrons. The summed E-state index contributed by atoms with van der Waals surface area (Å²) in [6.07, 6.45) is 1.69. The number of hydrogen-bond acceptors (Lipinski definition) is 4. The summed E-state index contributed by atoms with van der Waals surface area (Å²) in [5, 5.41) is 3.08. The zero-order valence-corrected chi connectivity index (χ0v) is 12.7. The molecule has 0 bridgehead atoms. The number of amides is 1. The molecule has 1 aromatic heterocycles. The number of carbonyl (C=O) groups excluding carboxylic acids is 2. The van der Waals surface area contributed by atoms with E-state index in [1.807, 2.05) is 20.8 Å². The fourth-order valence-corrected chi connectivity index (χ4v) is 1.38. The Labute approximate surface area is 123 Å². The summed E-state index contributed by atoms with van der Waals surface area (Å²) in [5.74, 6) is -0.457. The van der Waals surface area contributed by atoms with Gasteiger partial charge in [-0.15, -0.1) is 0 Å². The van der Waals surface area contributed by atoms with Gasteiger partial charge in [-0.05, 0) is 6.07 Å². The van der Waals surface area contributed by atoms with E-state index in [9.17, 15) is 9.59 Å². The Morgan fingerprint density at radius 2 is 2.05 bits per heavy atom. The maximum atomic E-state index is 11.6. The smallest absolute Gasteiger partial charge is 0.307 e. The van der Waals surface area contributed by atoms with Crippen LogP contribution in [0.5, 0.6) is 0 Å². The van der Waals surface area contributed by atoms with Crippen molar-refractivity contribution in [2.45, 2.75) is 33.8 Å². The standard InChI is InChI=1S/C14H19ClN2O3/c1-14(2,3)13(19)16-7-6-12(18)20-9-10-4-5-11(15)17-8-10/h4-5,8H,6-7,9H2,1-3H3,(H,16,19). The molecule has 0 aliphatic rings. The molecule has 0 saturated carbocycles. The van der Waals surface area contributed by atoms with Crippen LogP contribution >= 0.6 is 11.6 Å². The van der Waals surface area contributed by atoms with Crippen molar-refractivity contribution < 1.29 is 14.3 Å². The minimum atomic E-state index is -0.459. The second kappa shape index (κ2) is 7.24. The van der Waals surface area contributed by atoms with Crippen LogP contribution in [-0.2, 0) is 20.9 Å². The number of aromatic nitrogens is 1. The molecule has 5 nitrogen and oxygen atoms in total. The predicted octanol–water partition coefficient (Wildman–Crippen LogP) is 2.33. The number of esters is 1. The van der Waals surface area contributed by atoms with Crippen LogP contribution in [0.2, 0.25) is 5.15 Å². The van der Waals surface area contributed by atoms with Gasteiger partial charge in [0.25, 0.3) is 0 Å². The average Bonchev–Trinajstić information content (AvgIpc) is 2.37. The first kappa shape index (κ1) is 16.4. The minimum absolute atomic E-state index is 0.0906. The highest BCUT2D eigenvalue weighted by Crippen LogP contribution is 2.12. The van der Waals surface area contributed by atoms with Crippen LogP contribution in [0.15, 0.2) is 18.3 Å². The zero-order valence-electron chi connectivity index (χ0n) is 11.9. The molecule has 20 heavy (non-hydrogen) atoms. The van der Waals surface area contributed by atoms with Crippen LogP contribution in [-0.4, -0.2) is 23.4 Å². The molecule has 6 heteroatoms. The molecule has 0 fully saturated rings. The second-order valence-electron chi connectivity index (χ2n) is 5.41. The quantitative estimate of drug-likeness (QED) is 0.669. The van der Waals surface area contributed by atoms with Crippen LogP contribution < -0.4 is 5.32 Å². The van der Waals surface area contributed by atoms with Crippen LogP contribution in [0.1, 0.15) is 32.8 Å². The first-order valence-corrected chi connectivity index (χ1v) is 6.71. The van der Waals surface area contributed by atoms with E-state index in [-0.39, 0.29) is 31.4 Å². The summed E-state index contributed by atoms with van der Waals surface area (Å²) in [4.78, 5) is 27.0. The normalized spacial score (nSPS) is 11.0. The molecule has 0 unspecified atom stereocenters. The molecule has 0 aliphatic carbocycles.